The molecule has 2 N–H and O–H groups in total. The van der Waals surface area contributed by atoms with Crippen molar-refractivity contribution >= 4 is 11.6 Å². The third-order valence-electron chi connectivity index (χ3n) is 4.77. The largest absolute Gasteiger partial charge is 0.322 e. The molecular weight excluding hydrogens is 315 g/mol. The van der Waals surface area contributed by atoms with Crippen molar-refractivity contribution in [3.8, 4) is 0 Å². The van der Waals surface area contributed by atoms with Gasteiger partial charge in [-0.25, -0.2) is 4.39 Å². The normalized spacial score (nSPS) is 15.6. The SMILES string of the molecule is O=C(Nc1ccc(F)cc1)c1ccc(CNC2CCCCCC2)cc1. The lowest BCUT2D eigenvalue weighted by Gasteiger charge is -2.16. The van der Waals surface area contributed by atoms with Gasteiger partial charge in [0.2, 0.25) is 0 Å². The number of carbonyl (C=O) groups is 1. The van der Waals surface area contributed by atoms with Crippen LogP contribution < -0.4 is 10.6 Å². The lowest BCUT2D eigenvalue weighted by Crippen LogP contribution is -2.27. The standard InChI is InChI=1S/C21H25FN2O/c22-18-11-13-20(14-12-18)24-21(25)17-9-7-16(8-10-17)15-23-19-5-3-1-2-4-6-19/h7-14,19,23H,1-6,15H2,(H,24,25). The zero-order valence-corrected chi connectivity index (χ0v) is 14.4. The summed E-state index contributed by atoms with van der Waals surface area (Å²) in [5, 5.41) is 6.41. The summed E-state index contributed by atoms with van der Waals surface area (Å²) in [4.78, 5) is 12.2. The number of halogens is 1. The third kappa shape index (κ3) is 5.40. The fraction of sp³-hybridized carbons (Fsp3) is 0.381. The fourth-order valence-corrected chi connectivity index (χ4v) is 3.26. The van der Waals surface area contributed by atoms with Gasteiger partial charge >= 0.3 is 0 Å². The van der Waals surface area contributed by atoms with E-state index in [9.17, 15) is 9.18 Å². The molecule has 1 amide bonds. The van der Waals surface area contributed by atoms with Crippen molar-refractivity contribution in [1.29, 1.82) is 0 Å². The van der Waals surface area contributed by atoms with Crippen LogP contribution in [0.4, 0.5) is 10.1 Å². The highest BCUT2D eigenvalue weighted by atomic mass is 19.1. The van der Waals surface area contributed by atoms with E-state index in [-0.39, 0.29) is 11.7 Å². The van der Waals surface area contributed by atoms with Gasteiger partial charge in [-0.15, -0.1) is 0 Å². The number of benzene rings is 2. The molecule has 0 aromatic heterocycles. The summed E-state index contributed by atoms with van der Waals surface area (Å²) in [6, 6.07) is 14.0. The Kier molecular flexibility index (Phi) is 6.18. The van der Waals surface area contributed by atoms with Crippen molar-refractivity contribution in [3.05, 3.63) is 65.5 Å². The predicted molar refractivity (Wildman–Crippen MR) is 99.1 cm³/mol. The summed E-state index contributed by atoms with van der Waals surface area (Å²) >= 11 is 0. The molecule has 1 aliphatic rings. The molecule has 0 radical (unpaired) electrons. The Balaban J connectivity index is 1.52. The lowest BCUT2D eigenvalue weighted by molar-refractivity contribution is 0.102. The molecule has 25 heavy (non-hydrogen) atoms. The monoisotopic (exact) mass is 340 g/mol. The predicted octanol–water partition coefficient (Wildman–Crippen LogP) is 4.89. The lowest BCUT2D eigenvalue weighted by atomic mass is 10.1. The van der Waals surface area contributed by atoms with Crippen molar-refractivity contribution in [2.45, 2.75) is 51.1 Å². The van der Waals surface area contributed by atoms with Gasteiger partial charge in [-0.3, -0.25) is 4.79 Å². The van der Waals surface area contributed by atoms with Gasteiger partial charge in [0.25, 0.3) is 5.91 Å². The second-order valence-corrected chi connectivity index (χ2v) is 6.73. The molecule has 1 saturated carbocycles. The molecule has 1 fully saturated rings. The Hall–Kier alpha value is -2.20. The van der Waals surface area contributed by atoms with E-state index in [1.165, 1.54) is 56.2 Å². The Labute approximate surface area is 148 Å². The number of amides is 1. The maximum absolute atomic E-state index is 12.9. The maximum Gasteiger partial charge on any atom is 0.255 e. The van der Waals surface area contributed by atoms with Crippen molar-refractivity contribution in [3.63, 3.8) is 0 Å². The van der Waals surface area contributed by atoms with Crippen LogP contribution in [0.2, 0.25) is 0 Å². The molecule has 3 nitrogen and oxygen atoms in total. The van der Waals surface area contributed by atoms with Crippen LogP contribution in [0, 0.1) is 5.82 Å². The average Bonchev–Trinajstić information content (AvgIpc) is 2.91. The minimum atomic E-state index is -0.316. The zero-order chi connectivity index (χ0) is 17.5. The van der Waals surface area contributed by atoms with Crippen LogP contribution in [0.15, 0.2) is 48.5 Å². The molecule has 3 rings (SSSR count). The quantitative estimate of drug-likeness (QED) is 0.761. The third-order valence-corrected chi connectivity index (χ3v) is 4.77. The number of nitrogens with one attached hydrogen (secondary N) is 2. The highest BCUT2D eigenvalue weighted by Gasteiger charge is 2.11. The highest BCUT2D eigenvalue weighted by Crippen LogP contribution is 2.18. The number of carbonyl (C=O) groups excluding carboxylic acids is 1. The number of rotatable bonds is 5. The molecule has 2 aromatic rings. The summed E-state index contributed by atoms with van der Waals surface area (Å²) < 4.78 is 12.9. The van der Waals surface area contributed by atoms with Crippen molar-refractivity contribution in [1.82, 2.24) is 5.32 Å². The summed E-state index contributed by atoms with van der Waals surface area (Å²) in [5.41, 5.74) is 2.37. The first-order valence-electron chi connectivity index (χ1n) is 9.10. The highest BCUT2D eigenvalue weighted by molar-refractivity contribution is 6.04. The van der Waals surface area contributed by atoms with Crippen molar-refractivity contribution in [2.24, 2.45) is 0 Å². The first-order valence-corrected chi connectivity index (χ1v) is 9.10. The van der Waals surface area contributed by atoms with Gasteiger partial charge < -0.3 is 10.6 Å². The first-order chi connectivity index (χ1) is 12.2. The van der Waals surface area contributed by atoms with Crippen LogP contribution in [-0.2, 0) is 6.54 Å². The minimum absolute atomic E-state index is 0.185. The van der Waals surface area contributed by atoms with Crippen molar-refractivity contribution < 1.29 is 9.18 Å². The van der Waals surface area contributed by atoms with Crippen molar-refractivity contribution in [2.75, 3.05) is 5.32 Å². The van der Waals surface area contributed by atoms with Crippen LogP contribution in [0.1, 0.15) is 54.4 Å². The molecule has 0 bridgehead atoms. The van der Waals surface area contributed by atoms with E-state index in [4.69, 9.17) is 0 Å². The molecule has 1 aliphatic carbocycles. The van der Waals surface area contributed by atoms with E-state index in [0.717, 1.165) is 6.54 Å². The molecule has 0 aliphatic heterocycles. The second kappa shape index (κ2) is 8.77. The van der Waals surface area contributed by atoms with E-state index < -0.39 is 0 Å². The van der Waals surface area contributed by atoms with E-state index in [1.54, 1.807) is 12.1 Å². The summed E-state index contributed by atoms with van der Waals surface area (Å²) in [5.74, 6) is -0.501. The van der Waals surface area contributed by atoms with E-state index in [2.05, 4.69) is 10.6 Å². The molecule has 2 aromatic carbocycles. The van der Waals surface area contributed by atoms with Gasteiger partial charge in [0.1, 0.15) is 5.82 Å². The second-order valence-electron chi connectivity index (χ2n) is 6.73. The van der Waals surface area contributed by atoms with Gasteiger partial charge in [-0.2, -0.15) is 0 Å². The number of hydrogen-bond acceptors (Lipinski definition) is 2. The number of hydrogen-bond donors (Lipinski definition) is 2. The molecule has 0 heterocycles. The van der Waals surface area contributed by atoms with Crippen LogP contribution in [0.25, 0.3) is 0 Å². The minimum Gasteiger partial charge on any atom is -0.322 e. The van der Waals surface area contributed by atoms with E-state index in [0.29, 0.717) is 17.3 Å². The van der Waals surface area contributed by atoms with Crippen LogP contribution >= 0.6 is 0 Å². The Morgan fingerprint density at radius 1 is 0.920 bits per heavy atom. The van der Waals surface area contributed by atoms with E-state index in [1.807, 2.05) is 24.3 Å². The Morgan fingerprint density at radius 2 is 1.56 bits per heavy atom. The van der Waals surface area contributed by atoms with Crippen LogP contribution in [0.5, 0.6) is 0 Å². The molecule has 0 saturated heterocycles. The average molecular weight is 340 g/mol. The van der Waals surface area contributed by atoms with Gasteiger partial charge in [-0.05, 0) is 54.8 Å². The van der Waals surface area contributed by atoms with Gasteiger partial charge in [0, 0.05) is 23.8 Å². The smallest absolute Gasteiger partial charge is 0.255 e. The molecule has 0 atom stereocenters. The molecule has 4 heteroatoms. The molecule has 0 unspecified atom stereocenters. The molecule has 132 valence electrons. The summed E-state index contributed by atoms with van der Waals surface area (Å²) in [7, 11) is 0. The number of anilines is 1. The van der Waals surface area contributed by atoms with Gasteiger partial charge in [0.15, 0.2) is 0 Å². The fourth-order valence-electron chi connectivity index (χ4n) is 3.26. The topological polar surface area (TPSA) is 41.1 Å². The molecular formula is C21H25FN2O. The first kappa shape index (κ1) is 17.6. The van der Waals surface area contributed by atoms with Gasteiger partial charge in [-0.1, -0.05) is 37.8 Å². The van der Waals surface area contributed by atoms with Crippen LogP contribution in [0.3, 0.4) is 0 Å². The molecule has 0 spiro atoms. The zero-order valence-electron chi connectivity index (χ0n) is 14.4. The van der Waals surface area contributed by atoms with E-state index >= 15 is 0 Å². The van der Waals surface area contributed by atoms with Crippen LogP contribution in [-0.4, -0.2) is 11.9 Å². The Morgan fingerprint density at radius 3 is 2.20 bits per heavy atom. The summed E-state index contributed by atoms with van der Waals surface area (Å²) in [6.45, 7) is 0.838. The van der Waals surface area contributed by atoms with Gasteiger partial charge in [0.05, 0.1) is 0 Å². The summed E-state index contributed by atoms with van der Waals surface area (Å²) in [6.07, 6.45) is 7.88. The Bertz CT molecular complexity index is 674. The maximum atomic E-state index is 12.9.